The molecule has 1 atom stereocenters. The highest BCUT2D eigenvalue weighted by Crippen LogP contribution is 2.12. The standard InChI is InChI=1S/C7H12N4S/c8-6-1-2-11(4-6)5-7-3-9-10-12-7/h3,6H,1-2,4-5,8H2/t6-/m0/s1. The summed E-state index contributed by atoms with van der Waals surface area (Å²) in [4.78, 5) is 3.57. The van der Waals surface area contributed by atoms with Crippen molar-refractivity contribution < 1.29 is 0 Å². The van der Waals surface area contributed by atoms with Crippen LogP contribution in [0.1, 0.15) is 11.3 Å². The molecule has 1 fully saturated rings. The number of aromatic nitrogens is 2. The van der Waals surface area contributed by atoms with Crippen LogP contribution in [0.15, 0.2) is 6.20 Å². The van der Waals surface area contributed by atoms with Gasteiger partial charge in [0.1, 0.15) is 0 Å². The summed E-state index contributed by atoms with van der Waals surface area (Å²) in [5.74, 6) is 0. The molecule has 2 heterocycles. The molecule has 0 unspecified atom stereocenters. The van der Waals surface area contributed by atoms with E-state index in [4.69, 9.17) is 5.73 Å². The van der Waals surface area contributed by atoms with E-state index in [1.54, 1.807) is 0 Å². The van der Waals surface area contributed by atoms with Gasteiger partial charge in [-0.05, 0) is 18.0 Å². The average molecular weight is 184 g/mol. The minimum absolute atomic E-state index is 0.367. The van der Waals surface area contributed by atoms with Crippen molar-refractivity contribution in [2.45, 2.75) is 19.0 Å². The lowest BCUT2D eigenvalue weighted by Gasteiger charge is -2.12. The van der Waals surface area contributed by atoms with E-state index in [1.807, 2.05) is 6.20 Å². The van der Waals surface area contributed by atoms with E-state index < -0.39 is 0 Å². The lowest BCUT2D eigenvalue weighted by atomic mass is 10.3. The quantitative estimate of drug-likeness (QED) is 0.706. The van der Waals surface area contributed by atoms with Crippen LogP contribution in [0.2, 0.25) is 0 Å². The van der Waals surface area contributed by atoms with E-state index in [-0.39, 0.29) is 0 Å². The van der Waals surface area contributed by atoms with E-state index in [2.05, 4.69) is 14.5 Å². The molecule has 2 rings (SSSR count). The summed E-state index contributed by atoms with van der Waals surface area (Å²) in [6.07, 6.45) is 2.95. The molecule has 5 heteroatoms. The Morgan fingerprint density at radius 3 is 3.25 bits per heavy atom. The Kier molecular flexibility index (Phi) is 2.34. The number of nitrogens with two attached hydrogens (primary N) is 1. The van der Waals surface area contributed by atoms with Gasteiger partial charge in [-0.25, -0.2) is 0 Å². The second-order valence-electron chi connectivity index (χ2n) is 3.17. The smallest absolute Gasteiger partial charge is 0.0666 e. The van der Waals surface area contributed by atoms with Gasteiger partial charge in [-0.2, -0.15) is 0 Å². The molecule has 4 nitrogen and oxygen atoms in total. The molecule has 1 saturated heterocycles. The molecular formula is C7H12N4S. The largest absolute Gasteiger partial charge is 0.326 e. The summed E-state index contributed by atoms with van der Waals surface area (Å²) >= 11 is 1.47. The molecule has 1 aliphatic rings. The van der Waals surface area contributed by atoms with E-state index in [0.717, 1.165) is 26.1 Å². The highest BCUT2D eigenvalue weighted by Gasteiger charge is 2.19. The third-order valence-electron chi connectivity index (χ3n) is 2.10. The average Bonchev–Trinajstić information content (AvgIpc) is 2.63. The molecule has 1 aliphatic heterocycles. The molecule has 0 amide bonds. The first-order valence-corrected chi connectivity index (χ1v) is 4.86. The molecule has 0 bridgehead atoms. The zero-order valence-electron chi connectivity index (χ0n) is 6.81. The van der Waals surface area contributed by atoms with Gasteiger partial charge in [-0.3, -0.25) is 4.90 Å². The molecule has 2 N–H and O–H groups in total. The molecule has 0 saturated carbocycles. The Hall–Kier alpha value is -0.520. The molecule has 66 valence electrons. The van der Waals surface area contributed by atoms with Crippen molar-refractivity contribution in [3.8, 4) is 0 Å². The normalized spacial score (nSPS) is 24.9. The van der Waals surface area contributed by atoms with Crippen molar-refractivity contribution in [2.24, 2.45) is 5.73 Å². The molecular weight excluding hydrogens is 172 g/mol. The molecule has 12 heavy (non-hydrogen) atoms. The van der Waals surface area contributed by atoms with Gasteiger partial charge in [0.2, 0.25) is 0 Å². The molecule has 1 aromatic rings. The second kappa shape index (κ2) is 3.47. The fraction of sp³-hybridized carbons (Fsp3) is 0.714. The highest BCUT2D eigenvalue weighted by molar-refractivity contribution is 7.05. The summed E-state index contributed by atoms with van der Waals surface area (Å²) in [7, 11) is 0. The van der Waals surface area contributed by atoms with Crippen LogP contribution in [0, 0.1) is 0 Å². The first kappa shape index (κ1) is 8.10. The van der Waals surface area contributed by atoms with Crippen LogP contribution in [0.5, 0.6) is 0 Å². The van der Waals surface area contributed by atoms with Crippen LogP contribution in [-0.4, -0.2) is 33.6 Å². The summed E-state index contributed by atoms with van der Waals surface area (Å²) in [5.41, 5.74) is 5.78. The minimum atomic E-state index is 0.367. The Morgan fingerprint density at radius 2 is 2.67 bits per heavy atom. The van der Waals surface area contributed by atoms with Crippen molar-refractivity contribution in [3.05, 3.63) is 11.1 Å². The van der Waals surface area contributed by atoms with E-state index in [0.29, 0.717) is 6.04 Å². The Labute approximate surface area is 75.5 Å². The zero-order valence-corrected chi connectivity index (χ0v) is 7.63. The lowest BCUT2D eigenvalue weighted by Crippen LogP contribution is -2.25. The van der Waals surface area contributed by atoms with Gasteiger partial charge >= 0.3 is 0 Å². The number of hydrogen-bond donors (Lipinski definition) is 1. The summed E-state index contributed by atoms with van der Waals surface area (Å²) in [5, 5.41) is 3.79. The van der Waals surface area contributed by atoms with Crippen molar-refractivity contribution in [2.75, 3.05) is 13.1 Å². The third-order valence-corrected chi connectivity index (χ3v) is 2.74. The predicted octanol–water partition coefficient (Wildman–Crippen LogP) is 0.0711. The third kappa shape index (κ3) is 1.80. The van der Waals surface area contributed by atoms with Crippen LogP contribution >= 0.6 is 11.5 Å². The number of nitrogens with zero attached hydrogens (tertiary/aromatic N) is 3. The number of hydrogen-bond acceptors (Lipinski definition) is 5. The zero-order chi connectivity index (χ0) is 8.39. The monoisotopic (exact) mass is 184 g/mol. The molecule has 0 spiro atoms. The molecule has 1 aromatic heterocycles. The maximum Gasteiger partial charge on any atom is 0.0666 e. The van der Waals surface area contributed by atoms with Gasteiger partial charge in [0, 0.05) is 25.7 Å². The fourth-order valence-electron chi connectivity index (χ4n) is 1.48. The van der Waals surface area contributed by atoms with Gasteiger partial charge in [-0.15, -0.1) is 5.10 Å². The van der Waals surface area contributed by atoms with E-state index in [9.17, 15) is 0 Å². The van der Waals surface area contributed by atoms with Crippen LogP contribution in [0.25, 0.3) is 0 Å². The van der Waals surface area contributed by atoms with Gasteiger partial charge in [-0.1, -0.05) is 4.49 Å². The van der Waals surface area contributed by atoms with Crippen molar-refractivity contribution in [1.29, 1.82) is 0 Å². The van der Waals surface area contributed by atoms with E-state index in [1.165, 1.54) is 16.4 Å². The maximum atomic E-state index is 5.78. The van der Waals surface area contributed by atoms with Gasteiger partial charge < -0.3 is 5.73 Å². The van der Waals surface area contributed by atoms with Crippen LogP contribution in [0.3, 0.4) is 0 Å². The SMILES string of the molecule is N[C@H]1CCN(Cc2cnns2)C1. The number of likely N-dealkylation sites (tertiary alicyclic amines) is 1. The van der Waals surface area contributed by atoms with Crippen LogP contribution in [-0.2, 0) is 6.54 Å². The number of rotatable bonds is 2. The first-order chi connectivity index (χ1) is 5.84. The summed E-state index contributed by atoms with van der Waals surface area (Å²) in [6, 6.07) is 0.367. The Balaban J connectivity index is 1.88. The first-order valence-electron chi connectivity index (χ1n) is 4.09. The van der Waals surface area contributed by atoms with Crippen molar-refractivity contribution in [3.63, 3.8) is 0 Å². The summed E-state index contributed by atoms with van der Waals surface area (Å²) < 4.78 is 3.82. The molecule has 0 radical (unpaired) electrons. The van der Waals surface area contributed by atoms with Crippen LogP contribution < -0.4 is 5.73 Å². The van der Waals surface area contributed by atoms with Gasteiger partial charge in [0.05, 0.1) is 11.1 Å². The molecule has 0 aliphatic carbocycles. The topological polar surface area (TPSA) is 55.0 Å². The molecule has 0 aromatic carbocycles. The fourth-order valence-corrected chi connectivity index (χ4v) is 2.02. The van der Waals surface area contributed by atoms with Gasteiger partial charge in [0.25, 0.3) is 0 Å². The second-order valence-corrected chi connectivity index (χ2v) is 4.04. The maximum absolute atomic E-state index is 5.78. The van der Waals surface area contributed by atoms with Crippen LogP contribution in [0.4, 0.5) is 0 Å². The Bertz CT molecular complexity index is 236. The summed E-state index contributed by atoms with van der Waals surface area (Å²) in [6.45, 7) is 3.09. The van der Waals surface area contributed by atoms with Gasteiger partial charge in [0.15, 0.2) is 0 Å². The minimum Gasteiger partial charge on any atom is -0.326 e. The highest BCUT2D eigenvalue weighted by atomic mass is 32.1. The van der Waals surface area contributed by atoms with E-state index >= 15 is 0 Å². The Morgan fingerprint density at radius 1 is 1.75 bits per heavy atom. The predicted molar refractivity (Wildman–Crippen MR) is 47.8 cm³/mol. The van der Waals surface area contributed by atoms with Crippen molar-refractivity contribution >= 4 is 11.5 Å². The lowest BCUT2D eigenvalue weighted by molar-refractivity contribution is 0.329. The van der Waals surface area contributed by atoms with Crippen molar-refractivity contribution in [1.82, 2.24) is 14.5 Å².